The summed E-state index contributed by atoms with van der Waals surface area (Å²) < 4.78 is 10.8. The molecule has 3 aromatic rings. The van der Waals surface area contributed by atoms with Gasteiger partial charge in [0, 0.05) is 42.0 Å². The van der Waals surface area contributed by atoms with Crippen molar-refractivity contribution in [2.24, 2.45) is 5.41 Å². The third kappa shape index (κ3) is 4.94. The standard InChI is InChI=1S/C30H38N4O5/c1-26(2,3)38-25(35)34-17-29(7,18-34)30(37,21-10-8-20(9-11-21)28(6)12-13-28)22-14-19(15-31-16-22)23-32-24(39-33-23)27(4,5)36/h8-11,14-16,36-37H,12-13,17-18H2,1-7H3/t30-/m0/s1. The molecular weight excluding hydrogens is 496 g/mol. The smallest absolute Gasteiger partial charge is 0.410 e. The number of ether oxygens (including phenoxy) is 1. The monoisotopic (exact) mass is 534 g/mol. The van der Waals surface area contributed by atoms with Gasteiger partial charge in [-0.15, -0.1) is 0 Å². The second kappa shape index (κ2) is 8.86. The summed E-state index contributed by atoms with van der Waals surface area (Å²) >= 11 is 0. The van der Waals surface area contributed by atoms with Crippen LogP contribution in [0.2, 0.25) is 0 Å². The van der Waals surface area contributed by atoms with Crippen LogP contribution in [-0.2, 0) is 21.4 Å². The highest BCUT2D eigenvalue weighted by Gasteiger charge is 2.58. The molecule has 1 aromatic carbocycles. The lowest BCUT2D eigenvalue weighted by atomic mass is 9.62. The van der Waals surface area contributed by atoms with E-state index in [9.17, 15) is 15.0 Å². The second-order valence-corrected chi connectivity index (χ2v) is 13.2. The molecule has 0 radical (unpaired) electrons. The van der Waals surface area contributed by atoms with Crippen LogP contribution in [-0.4, -0.2) is 55.0 Å². The van der Waals surface area contributed by atoms with Gasteiger partial charge in [0.1, 0.15) is 16.8 Å². The van der Waals surface area contributed by atoms with Gasteiger partial charge in [0.2, 0.25) is 5.82 Å². The molecule has 208 valence electrons. The minimum atomic E-state index is -1.49. The van der Waals surface area contributed by atoms with E-state index in [-0.39, 0.29) is 17.1 Å². The number of aromatic nitrogens is 3. The van der Waals surface area contributed by atoms with Crippen LogP contribution in [0.1, 0.15) is 83.9 Å². The summed E-state index contributed by atoms with van der Waals surface area (Å²) in [6.45, 7) is 13.5. The number of hydrogen-bond acceptors (Lipinski definition) is 8. The van der Waals surface area contributed by atoms with E-state index in [1.807, 2.05) is 39.8 Å². The number of nitrogens with zero attached hydrogens (tertiary/aromatic N) is 4. The Balaban J connectivity index is 1.53. The molecule has 1 aliphatic carbocycles. The maximum atomic E-state index is 12.8. The summed E-state index contributed by atoms with van der Waals surface area (Å²) in [5.41, 5.74) is -0.869. The van der Waals surface area contributed by atoms with Crippen LogP contribution < -0.4 is 0 Å². The van der Waals surface area contributed by atoms with E-state index in [1.54, 1.807) is 37.2 Å². The van der Waals surface area contributed by atoms with E-state index in [4.69, 9.17) is 9.26 Å². The number of benzene rings is 1. The Hall–Kier alpha value is -3.30. The fourth-order valence-electron chi connectivity index (χ4n) is 5.28. The van der Waals surface area contributed by atoms with Gasteiger partial charge in [0.15, 0.2) is 0 Å². The van der Waals surface area contributed by atoms with Crippen LogP contribution in [0.3, 0.4) is 0 Å². The van der Waals surface area contributed by atoms with Crippen molar-refractivity contribution in [2.45, 2.75) is 83.5 Å². The molecule has 2 aliphatic rings. The van der Waals surface area contributed by atoms with Gasteiger partial charge in [-0.1, -0.05) is 43.3 Å². The molecule has 1 atom stereocenters. The highest BCUT2D eigenvalue weighted by atomic mass is 16.6. The molecule has 0 bridgehead atoms. The van der Waals surface area contributed by atoms with Crippen molar-refractivity contribution in [1.29, 1.82) is 0 Å². The first-order valence-corrected chi connectivity index (χ1v) is 13.4. The average molecular weight is 535 g/mol. The second-order valence-electron chi connectivity index (χ2n) is 13.2. The predicted octanol–water partition coefficient (Wildman–Crippen LogP) is 4.90. The lowest BCUT2D eigenvalue weighted by molar-refractivity contribution is -0.131. The predicted molar refractivity (Wildman–Crippen MR) is 145 cm³/mol. The lowest BCUT2D eigenvalue weighted by Crippen LogP contribution is -2.66. The van der Waals surface area contributed by atoms with Crippen molar-refractivity contribution in [3.63, 3.8) is 0 Å². The van der Waals surface area contributed by atoms with Crippen molar-refractivity contribution >= 4 is 6.09 Å². The molecule has 0 spiro atoms. The zero-order valence-electron chi connectivity index (χ0n) is 23.8. The number of pyridine rings is 1. The molecule has 2 fully saturated rings. The van der Waals surface area contributed by atoms with Gasteiger partial charge in [-0.05, 0) is 70.1 Å². The third-order valence-electron chi connectivity index (χ3n) is 7.97. The molecule has 2 N–H and O–H groups in total. The van der Waals surface area contributed by atoms with E-state index in [0.29, 0.717) is 29.8 Å². The van der Waals surface area contributed by atoms with E-state index in [2.05, 4.69) is 34.2 Å². The lowest BCUT2D eigenvalue weighted by Gasteiger charge is -2.56. The van der Waals surface area contributed by atoms with E-state index < -0.39 is 28.3 Å². The summed E-state index contributed by atoms with van der Waals surface area (Å²) in [5, 5.41) is 26.9. The van der Waals surface area contributed by atoms with E-state index >= 15 is 0 Å². The molecule has 9 heteroatoms. The fourth-order valence-corrected chi connectivity index (χ4v) is 5.28. The minimum Gasteiger partial charge on any atom is -0.444 e. The Kier molecular flexibility index (Phi) is 6.19. The van der Waals surface area contributed by atoms with Crippen LogP contribution in [0.4, 0.5) is 4.79 Å². The molecule has 1 aliphatic heterocycles. The molecule has 0 unspecified atom stereocenters. The van der Waals surface area contributed by atoms with Crippen molar-refractivity contribution < 1.29 is 24.3 Å². The maximum absolute atomic E-state index is 12.8. The first-order chi connectivity index (χ1) is 18.0. The number of aliphatic hydroxyl groups is 2. The van der Waals surface area contributed by atoms with Crippen LogP contribution >= 0.6 is 0 Å². The molecule has 39 heavy (non-hydrogen) atoms. The molecule has 1 saturated carbocycles. The average Bonchev–Trinajstić information content (AvgIpc) is 3.37. The van der Waals surface area contributed by atoms with Crippen LogP contribution in [0, 0.1) is 5.41 Å². The van der Waals surface area contributed by atoms with Gasteiger partial charge in [-0.3, -0.25) is 4.98 Å². The van der Waals surface area contributed by atoms with Gasteiger partial charge < -0.3 is 24.4 Å². The molecule has 3 heterocycles. The van der Waals surface area contributed by atoms with Crippen molar-refractivity contribution in [3.05, 3.63) is 65.3 Å². The first kappa shape index (κ1) is 27.3. The summed E-state index contributed by atoms with van der Waals surface area (Å²) in [6, 6.07) is 9.94. The number of carbonyl (C=O) groups excluding carboxylic acids is 1. The largest absolute Gasteiger partial charge is 0.444 e. The molecule has 2 aromatic heterocycles. The number of carbonyl (C=O) groups is 1. The van der Waals surface area contributed by atoms with Gasteiger partial charge in [0.25, 0.3) is 5.89 Å². The minimum absolute atomic E-state index is 0.0845. The Labute approximate surface area is 229 Å². The van der Waals surface area contributed by atoms with Gasteiger partial charge in [-0.2, -0.15) is 4.98 Å². The summed E-state index contributed by atoms with van der Waals surface area (Å²) in [7, 11) is 0. The molecule has 1 amide bonds. The maximum Gasteiger partial charge on any atom is 0.410 e. The Morgan fingerprint density at radius 1 is 1.00 bits per heavy atom. The quantitative estimate of drug-likeness (QED) is 0.458. The Morgan fingerprint density at radius 3 is 2.18 bits per heavy atom. The number of likely N-dealkylation sites (tertiary alicyclic amines) is 1. The van der Waals surface area contributed by atoms with Crippen LogP contribution in [0.15, 0.2) is 47.2 Å². The number of hydrogen-bond donors (Lipinski definition) is 2. The summed E-state index contributed by atoms with van der Waals surface area (Å²) in [5.74, 6) is 0.344. The Bertz CT molecular complexity index is 1380. The zero-order chi connectivity index (χ0) is 28.4. The third-order valence-corrected chi connectivity index (χ3v) is 7.97. The van der Waals surface area contributed by atoms with Crippen molar-refractivity contribution in [1.82, 2.24) is 20.0 Å². The van der Waals surface area contributed by atoms with E-state index in [0.717, 1.165) is 12.8 Å². The molecule has 5 rings (SSSR count). The number of rotatable bonds is 6. The normalized spacial score (nSPS) is 19.7. The molecule has 1 saturated heterocycles. The Morgan fingerprint density at radius 2 is 1.64 bits per heavy atom. The highest BCUT2D eigenvalue weighted by Crippen LogP contribution is 2.52. The zero-order valence-corrected chi connectivity index (χ0v) is 23.8. The van der Waals surface area contributed by atoms with Gasteiger partial charge >= 0.3 is 6.09 Å². The van der Waals surface area contributed by atoms with E-state index in [1.165, 1.54) is 5.56 Å². The van der Waals surface area contributed by atoms with Gasteiger partial charge in [-0.25, -0.2) is 4.79 Å². The fraction of sp³-hybridized carbons (Fsp3) is 0.533. The van der Waals surface area contributed by atoms with Crippen LogP contribution in [0.25, 0.3) is 11.4 Å². The SMILES string of the molecule is CC(C)(C)OC(=O)N1CC(C)([C@](O)(c2ccc(C3(C)CC3)cc2)c2cncc(-c3noc(C(C)(C)O)n3)c2)C1. The first-order valence-electron chi connectivity index (χ1n) is 13.4. The van der Waals surface area contributed by atoms with Crippen molar-refractivity contribution in [2.75, 3.05) is 13.1 Å². The molecular formula is C30H38N4O5. The molecule has 9 nitrogen and oxygen atoms in total. The topological polar surface area (TPSA) is 122 Å². The number of amides is 1. The van der Waals surface area contributed by atoms with Crippen LogP contribution in [0.5, 0.6) is 0 Å². The summed E-state index contributed by atoms with van der Waals surface area (Å²) in [4.78, 5) is 23.1. The highest BCUT2D eigenvalue weighted by molar-refractivity contribution is 5.70. The summed E-state index contributed by atoms with van der Waals surface area (Å²) in [6.07, 6.45) is 5.14. The van der Waals surface area contributed by atoms with Crippen molar-refractivity contribution in [3.8, 4) is 11.4 Å². The van der Waals surface area contributed by atoms with Gasteiger partial charge in [0.05, 0.1) is 0 Å².